The minimum absolute atomic E-state index is 0. The number of ether oxygens (including phenoxy) is 3. The van der Waals surface area contributed by atoms with Crippen molar-refractivity contribution in [2.45, 2.75) is 71.1 Å². The second-order valence-corrected chi connectivity index (χ2v) is 15.3. The number of rotatable bonds is 13. The zero-order valence-corrected chi connectivity index (χ0v) is 36.3. The molecule has 2 amide bonds. The summed E-state index contributed by atoms with van der Waals surface area (Å²) in [4.78, 5) is 49.3. The number of halogens is 3. The van der Waals surface area contributed by atoms with Gasteiger partial charge in [-0.2, -0.15) is 9.83 Å². The van der Waals surface area contributed by atoms with Gasteiger partial charge in [0.25, 0.3) is 6.33 Å². The Bertz CT molecular complexity index is 2310. The second-order valence-electron chi connectivity index (χ2n) is 14.4. The minimum Gasteiger partial charge on any atom is -1.00 e. The van der Waals surface area contributed by atoms with Crippen molar-refractivity contribution in [2.24, 2.45) is 0 Å². The van der Waals surface area contributed by atoms with Crippen LogP contribution in [0.1, 0.15) is 68.5 Å². The molecule has 0 saturated carbocycles. The lowest BCUT2D eigenvalue weighted by Gasteiger charge is -2.32. The van der Waals surface area contributed by atoms with Crippen molar-refractivity contribution in [1.82, 2.24) is 24.6 Å². The molecule has 0 aliphatic rings. The molecule has 0 spiro atoms. The molecular weight excluding hydrogens is 901 g/mol. The molecule has 5 rings (SSSR count). The van der Waals surface area contributed by atoms with Crippen LogP contribution in [0, 0.1) is 23.0 Å². The maximum absolute atomic E-state index is 15.4. The van der Waals surface area contributed by atoms with Crippen LogP contribution in [-0.2, 0) is 37.8 Å². The minimum atomic E-state index is -2.07. The van der Waals surface area contributed by atoms with Crippen molar-refractivity contribution >= 4 is 35.3 Å². The van der Waals surface area contributed by atoms with E-state index in [1.54, 1.807) is 76.4 Å². The average Bonchev–Trinajstić information content (AvgIpc) is 3.87. The lowest BCUT2D eigenvalue weighted by atomic mass is 9.82. The first-order valence-corrected chi connectivity index (χ1v) is 18.8. The maximum atomic E-state index is 15.4. The van der Waals surface area contributed by atoms with Gasteiger partial charge in [0.15, 0.2) is 0 Å². The third-order valence-corrected chi connectivity index (χ3v) is 9.95. The molecule has 1 N–H and O–H groups in total. The number of anilines is 1. The number of hydrogen-bond donors (Lipinski definition) is 1. The van der Waals surface area contributed by atoms with Crippen molar-refractivity contribution in [3.63, 3.8) is 0 Å². The predicted molar refractivity (Wildman–Crippen MR) is 206 cm³/mol. The molecule has 19 heteroatoms. The van der Waals surface area contributed by atoms with Gasteiger partial charge in [0.05, 0.1) is 22.3 Å². The van der Waals surface area contributed by atoms with Crippen molar-refractivity contribution in [3.05, 3.63) is 112 Å². The number of amides is 2. The van der Waals surface area contributed by atoms with Crippen LogP contribution in [0.3, 0.4) is 0 Å². The molecule has 3 aromatic heterocycles. The van der Waals surface area contributed by atoms with E-state index < -0.39 is 53.1 Å². The molecule has 0 aliphatic carbocycles. The Kier molecular flexibility index (Phi) is 15.2. The lowest BCUT2D eigenvalue weighted by molar-refractivity contribution is -0.753. The highest BCUT2D eigenvalue weighted by Gasteiger charge is 2.43. The molecule has 3 atom stereocenters. The third kappa shape index (κ3) is 11.5. The number of aromatic nitrogens is 5. The van der Waals surface area contributed by atoms with Gasteiger partial charge in [-0.25, -0.2) is 28.3 Å². The maximum Gasteiger partial charge on any atom is 0.418 e. The van der Waals surface area contributed by atoms with Gasteiger partial charge in [0, 0.05) is 60.3 Å². The summed E-state index contributed by atoms with van der Waals surface area (Å²) < 4.78 is 49.0. The first kappa shape index (κ1) is 46.1. The van der Waals surface area contributed by atoms with Gasteiger partial charge in [-0.15, -0.1) is 16.0 Å². The number of pyridine rings is 1. The normalized spacial score (nSPS) is 13.2. The van der Waals surface area contributed by atoms with E-state index in [0.717, 1.165) is 33.6 Å². The van der Waals surface area contributed by atoms with Crippen LogP contribution in [0.15, 0.2) is 78.8 Å². The van der Waals surface area contributed by atoms with Gasteiger partial charge in [0.1, 0.15) is 48.4 Å². The van der Waals surface area contributed by atoms with Gasteiger partial charge in [-0.1, -0.05) is 25.1 Å². The Labute approximate surface area is 360 Å². The zero-order chi connectivity index (χ0) is 42.4. The van der Waals surface area contributed by atoms with Crippen LogP contribution in [-0.4, -0.2) is 74.2 Å². The number of thiazole rings is 1. The van der Waals surface area contributed by atoms with E-state index in [1.807, 2.05) is 0 Å². The molecule has 0 fully saturated rings. The largest absolute Gasteiger partial charge is 1.00 e. The van der Waals surface area contributed by atoms with Crippen LogP contribution in [0.2, 0.25) is 0 Å². The average molecular weight is 945 g/mol. The fourth-order valence-electron chi connectivity index (χ4n) is 5.70. The molecule has 3 heterocycles. The van der Waals surface area contributed by atoms with Crippen LogP contribution >= 0.6 is 11.3 Å². The molecule has 0 aliphatic heterocycles. The van der Waals surface area contributed by atoms with E-state index >= 15 is 4.39 Å². The summed E-state index contributed by atoms with van der Waals surface area (Å²) in [5, 5.41) is 28.0. The molecule has 0 radical (unpaired) electrons. The Balaban J connectivity index is 0.00000769. The smallest absolute Gasteiger partial charge is 0.418 e. The molecule has 59 heavy (non-hydrogen) atoms. The van der Waals surface area contributed by atoms with E-state index in [4.69, 9.17) is 24.5 Å². The Morgan fingerprint density at radius 2 is 1.78 bits per heavy atom. The van der Waals surface area contributed by atoms with Crippen LogP contribution in [0.25, 0.3) is 11.3 Å². The van der Waals surface area contributed by atoms with E-state index in [0.29, 0.717) is 21.8 Å². The molecule has 15 nitrogen and oxygen atoms in total. The molecule has 1 unspecified atom stereocenters. The summed E-state index contributed by atoms with van der Waals surface area (Å²) in [5.74, 6) is -3.02. The molecule has 0 bridgehead atoms. The van der Waals surface area contributed by atoms with Crippen molar-refractivity contribution < 1.29 is 71.0 Å². The number of hydrogen-bond acceptors (Lipinski definition) is 12. The summed E-state index contributed by atoms with van der Waals surface area (Å²) in [6, 6.07) is 14.9. The predicted octanol–water partition coefficient (Wildman–Crippen LogP) is 3.24. The van der Waals surface area contributed by atoms with Crippen LogP contribution < -0.4 is 33.4 Å². The number of carbonyl (C=O) groups excluding carboxylic acids is 3. The van der Waals surface area contributed by atoms with E-state index in [2.05, 4.69) is 16.2 Å². The van der Waals surface area contributed by atoms with Crippen LogP contribution in [0.5, 0.6) is 0 Å². The third-order valence-electron chi connectivity index (χ3n) is 8.93. The number of aliphatic hydroxyl groups is 1. The number of nitrogens with zero attached hydrogens (tertiary/aromatic N) is 8. The summed E-state index contributed by atoms with van der Waals surface area (Å²) in [7, 11) is 2.83. The van der Waals surface area contributed by atoms with E-state index in [9.17, 15) is 23.9 Å². The second kappa shape index (κ2) is 19.4. The molecule has 5 aromatic rings. The molecule has 2 aromatic carbocycles. The quantitative estimate of drug-likeness (QED) is 0.0794. The SMILES string of the molecule is CC(OC(=O)N(C)c1ncccc1COC(=O)CN(C)C(=O)OC(C)(C)C)[n+]1cnn(C[C@](O)(c2cc(F)ccc2F)[C@H](C)c2nc(-c3ccc(C#N)cc3)cs2)c1.[I-]. The van der Waals surface area contributed by atoms with Gasteiger partial charge in [-0.3, -0.25) is 9.69 Å². The lowest BCUT2D eigenvalue weighted by Crippen LogP contribution is -3.00. The van der Waals surface area contributed by atoms with E-state index in [1.165, 1.54) is 53.5 Å². The van der Waals surface area contributed by atoms with Crippen molar-refractivity contribution in [2.75, 3.05) is 25.5 Å². The fraction of sp³-hybridized carbons (Fsp3) is 0.350. The monoisotopic (exact) mass is 944 g/mol. The highest BCUT2D eigenvalue weighted by atomic mass is 127. The van der Waals surface area contributed by atoms with Crippen molar-refractivity contribution in [3.8, 4) is 17.3 Å². The number of benzene rings is 2. The highest BCUT2D eigenvalue weighted by molar-refractivity contribution is 7.10. The number of likely N-dealkylation sites (N-methyl/N-ethyl adjacent to an activating group) is 1. The Morgan fingerprint density at radius 1 is 1.07 bits per heavy atom. The first-order valence-electron chi connectivity index (χ1n) is 17.9. The van der Waals surface area contributed by atoms with Crippen molar-refractivity contribution in [1.29, 1.82) is 5.26 Å². The number of esters is 1. The summed E-state index contributed by atoms with van der Waals surface area (Å²) in [6.07, 6.45) is 1.77. The van der Waals surface area contributed by atoms with E-state index in [-0.39, 0.29) is 55.1 Å². The highest BCUT2D eigenvalue weighted by Crippen LogP contribution is 2.41. The summed E-state index contributed by atoms with van der Waals surface area (Å²) >= 11 is 1.23. The topological polar surface area (TPSA) is 177 Å². The molecule has 312 valence electrons. The summed E-state index contributed by atoms with van der Waals surface area (Å²) in [6.45, 7) is 7.36. The molecule has 0 saturated heterocycles. The van der Waals surface area contributed by atoms with Crippen LogP contribution in [0.4, 0.5) is 24.2 Å². The first-order chi connectivity index (χ1) is 27.4. The van der Waals surface area contributed by atoms with Gasteiger partial charge >= 0.3 is 18.2 Å². The molecular formula is C40H43F2IN8O7S. The Morgan fingerprint density at radius 3 is 2.46 bits per heavy atom. The zero-order valence-electron chi connectivity index (χ0n) is 33.3. The summed E-state index contributed by atoms with van der Waals surface area (Å²) in [5.41, 5.74) is -0.932. The fourth-order valence-corrected chi connectivity index (χ4v) is 6.67. The Hall–Kier alpha value is -5.59. The van der Waals surface area contributed by atoms with Gasteiger partial charge in [-0.05, 0) is 57.2 Å². The van der Waals surface area contributed by atoms with Gasteiger partial charge in [0.2, 0.25) is 12.6 Å². The van der Waals surface area contributed by atoms with Gasteiger partial charge < -0.3 is 48.2 Å². The standard InChI is InChI=1S/C40H43F2N8O7S.HI/c1-25(36-46-33(21-58-36)28-12-10-27(18-43)11-13-28)40(54,31-17-30(41)14-15-32(31)42)22-50-24-49(23-45-50)26(2)56-38(53)48(7)35-29(9-8-16-44-35)20-55-34(51)19-47(6)37(52)57-39(3,4)5;/h8-17,21,23-26,54H,19-20,22H2,1-7H3;1H/q+1;/p-1/t25-,26?,40-;/m1./s1. The number of nitriles is 1. The number of carbonyl (C=O) groups is 3.